The minimum atomic E-state index is 0.723. The van der Waals surface area contributed by atoms with Crippen LogP contribution in [0, 0.1) is 6.92 Å². The van der Waals surface area contributed by atoms with E-state index < -0.39 is 0 Å². The summed E-state index contributed by atoms with van der Waals surface area (Å²) in [6.45, 7) is 7.24. The van der Waals surface area contributed by atoms with Crippen LogP contribution in [0.2, 0.25) is 0 Å². The smallest absolute Gasteiger partial charge is 0.260 e. The van der Waals surface area contributed by atoms with Gasteiger partial charge in [0.1, 0.15) is 0 Å². The van der Waals surface area contributed by atoms with Gasteiger partial charge in [-0.15, -0.1) is 0 Å². The number of imidazole rings is 1. The molecular weight excluding hydrogens is 288 g/mol. The third-order valence-corrected chi connectivity index (χ3v) is 3.92. The quantitative estimate of drug-likeness (QED) is 0.657. The summed E-state index contributed by atoms with van der Waals surface area (Å²) >= 11 is 0. The maximum atomic E-state index is 4.17. The number of nitrogens with zero attached hydrogens (tertiary/aromatic N) is 3. The number of fused-ring (bicyclic) bond motifs is 1. The van der Waals surface area contributed by atoms with Crippen molar-refractivity contribution in [2.75, 3.05) is 29.9 Å². The first kappa shape index (κ1) is 15.3. The zero-order valence-corrected chi connectivity index (χ0v) is 13.6. The van der Waals surface area contributed by atoms with Crippen molar-refractivity contribution in [2.45, 2.75) is 20.3 Å². The monoisotopic (exact) mass is 311 g/mol. The number of aromatic amines is 2. The van der Waals surface area contributed by atoms with Crippen molar-refractivity contribution in [1.29, 1.82) is 0 Å². The summed E-state index contributed by atoms with van der Waals surface area (Å²) in [6, 6.07) is 8.66. The lowest BCUT2D eigenvalue weighted by molar-refractivity contribution is -0.364. The Morgan fingerprint density at radius 3 is 3.04 bits per heavy atom. The summed E-state index contributed by atoms with van der Waals surface area (Å²) in [6.07, 6.45) is 4.37. The Hall–Kier alpha value is -2.63. The van der Waals surface area contributed by atoms with Gasteiger partial charge in [0.25, 0.3) is 5.65 Å². The Morgan fingerprint density at radius 2 is 2.22 bits per heavy atom. The normalized spacial score (nSPS) is 10.9. The fourth-order valence-electron chi connectivity index (χ4n) is 2.72. The number of hydrogen-bond acceptors (Lipinski definition) is 4. The minimum Gasteiger partial charge on any atom is -0.372 e. The topological polar surface area (TPSA) is 71.0 Å². The summed E-state index contributed by atoms with van der Waals surface area (Å²) in [5.74, 6) is 0.936. The molecule has 0 radical (unpaired) electrons. The summed E-state index contributed by atoms with van der Waals surface area (Å²) in [5.41, 5.74) is 4.23. The molecule has 2 aromatic heterocycles. The SMILES string of the molecule is CCN(CCCNc1[nH+]cnc2nc[nH]c12)c1cccc(C)c1. The van der Waals surface area contributed by atoms with Gasteiger partial charge in [-0.2, -0.15) is 0 Å². The molecule has 0 atom stereocenters. The van der Waals surface area contributed by atoms with Crippen LogP contribution in [-0.2, 0) is 0 Å². The summed E-state index contributed by atoms with van der Waals surface area (Å²) < 4.78 is 0. The van der Waals surface area contributed by atoms with Crippen LogP contribution in [0.15, 0.2) is 36.9 Å². The van der Waals surface area contributed by atoms with Crippen molar-refractivity contribution in [3.63, 3.8) is 0 Å². The number of hydrogen-bond donors (Lipinski definition) is 2. The van der Waals surface area contributed by atoms with Crippen LogP contribution >= 0.6 is 0 Å². The van der Waals surface area contributed by atoms with E-state index in [-0.39, 0.29) is 0 Å². The van der Waals surface area contributed by atoms with E-state index in [9.17, 15) is 0 Å². The van der Waals surface area contributed by atoms with E-state index in [1.165, 1.54) is 11.3 Å². The number of anilines is 2. The van der Waals surface area contributed by atoms with Crippen LogP contribution in [0.25, 0.3) is 11.2 Å². The lowest BCUT2D eigenvalue weighted by atomic mass is 10.2. The molecule has 3 aromatic rings. The molecule has 0 aliphatic heterocycles. The van der Waals surface area contributed by atoms with E-state index in [0.717, 1.165) is 43.0 Å². The molecule has 120 valence electrons. The number of H-pyrrole nitrogens is 2. The van der Waals surface area contributed by atoms with Crippen molar-refractivity contribution in [2.24, 2.45) is 0 Å². The molecule has 6 nitrogen and oxygen atoms in total. The van der Waals surface area contributed by atoms with Crippen molar-refractivity contribution in [3.8, 4) is 0 Å². The van der Waals surface area contributed by atoms with E-state index in [0.29, 0.717) is 0 Å². The number of rotatable bonds is 7. The van der Waals surface area contributed by atoms with Gasteiger partial charge in [0, 0.05) is 18.8 Å². The highest BCUT2D eigenvalue weighted by atomic mass is 15.1. The molecule has 6 heteroatoms. The molecule has 0 fully saturated rings. The third-order valence-electron chi connectivity index (χ3n) is 3.92. The highest BCUT2D eigenvalue weighted by Gasteiger charge is 2.10. The lowest BCUT2D eigenvalue weighted by Crippen LogP contribution is -2.26. The summed E-state index contributed by atoms with van der Waals surface area (Å²) in [4.78, 5) is 17.0. The van der Waals surface area contributed by atoms with Crippen LogP contribution in [0.5, 0.6) is 0 Å². The molecule has 0 saturated carbocycles. The molecule has 0 unspecified atom stereocenters. The van der Waals surface area contributed by atoms with Crippen molar-refractivity contribution < 1.29 is 4.98 Å². The molecule has 0 spiro atoms. The van der Waals surface area contributed by atoms with Crippen LogP contribution in [0.4, 0.5) is 11.5 Å². The molecule has 3 rings (SSSR count). The maximum absolute atomic E-state index is 4.17. The van der Waals surface area contributed by atoms with Gasteiger partial charge in [-0.1, -0.05) is 17.1 Å². The molecule has 0 amide bonds. The van der Waals surface area contributed by atoms with Crippen LogP contribution in [-0.4, -0.2) is 34.6 Å². The Morgan fingerprint density at radius 1 is 1.30 bits per heavy atom. The van der Waals surface area contributed by atoms with Crippen molar-refractivity contribution >= 4 is 22.7 Å². The first-order valence-corrected chi connectivity index (χ1v) is 8.03. The average Bonchev–Trinajstić information content (AvgIpc) is 3.04. The largest absolute Gasteiger partial charge is 0.372 e. The minimum absolute atomic E-state index is 0.723. The fourth-order valence-corrected chi connectivity index (χ4v) is 2.72. The number of aromatic nitrogens is 4. The standard InChI is InChI=1S/C17H22N6/c1-3-23(14-7-4-6-13(2)10-14)9-5-8-18-16-15-17(20-11-19-15)22-12-21-16/h4,6-7,10-12H,3,5,8-9H2,1-2H3,(H2,18,19,20,21,22)/p+1. The molecule has 23 heavy (non-hydrogen) atoms. The number of nitrogens with one attached hydrogen (secondary N) is 3. The molecule has 0 saturated heterocycles. The van der Waals surface area contributed by atoms with E-state index in [2.05, 4.69) is 68.3 Å². The van der Waals surface area contributed by atoms with E-state index in [4.69, 9.17) is 0 Å². The van der Waals surface area contributed by atoms with Gasteiger partial charge in [0.15, 0.2) is 5.52 Å². The van der Waals surface area contributed by atoms with Crippen molar-refractivity contribution in [3.05, 3.63) is 42.5 Å². The van der Waals surface area contributed by atoms with Gasteiger partial charge in [0.2, 0.25) is 12.1 Å². The van der Waals surface area contributed by atoms with Gasteiger partial charge in [-0.3, -0.25) is 0 Å². The number of benzene rings is 1. The van der Waals surface area contributed by atoms with Crippen molar-refractivity contribution in [1.82, 2.24) is 15.0 Å². The molecule has 0 aliphatic rings. The second-order valence-electron chi connectivity index (χ2n) is 5.58. The maximum Gasteiger partial charge on any atom is 0.260 e. The molecular formula is C17H23N6+. The molecule has 2 heterocycles. The second kappa shape index (κ2) is 7.09. The fraction of sp³-hybridized carbons (Fsp3) is 0.353. The predicted octanol–water partition coefficient (Wildman–Crippen LogP) is 2.41. The summed E-state index contributed by atoms with van der Waals surface area (Å²) in [7, 11) is 0. The lowest BCUT2D eigenvalue weighted by Gasteiger charge is -2.23. The molecule has 3 N–H and O–H groups in total. The highest BCUT2D eigenvalue weighted by Crippen LogP contribution is 2.16. The number of aryl methyl sites for hydroxylation is 1. The average molecular weight is 311 g/mol. The van der Waals surface area contributed by atoms with Crippen LogP contribution in [0.3, 0.4) is 0 Å². The Balaban J connectivity index is 1.55. The molecule has 0 bridgehead atoms. The first-order valence-electron chi connectivity index (χ1n) is 8.03. The van der Waals surface area contributed by atoms with E-state index >= 15 is 0 Å². The van der Waals surface area contributed by atoms with Gasteiger partial charge < -0.3 is 15.2 Å². The van der Waals surface area contributed by atoms with Gasteiger partial charge in [-0.25, -0.2) is 9.97 Å². The summed E-state index contributed by atoms with van der Waals surface area (Å²) in [5, 5.41) is 3.42. The van der Waals surface area contributed by atoms with E-state index in [1.807, 2.05) is 0 Å². The highest BCUT2D eigenvalue weighted by molar-refractivity contribution is 5.79. The second-order valence-corrected chi connectivity index (χ2v) is 5.58. The van der Waals surface area contributed by atoms with E-state index in [1.54, 1.807) is 12.7 Å². The van der Waals surface area contributed by atoms with Gasteiger partial charge in [0.05, 0.1) is 12.9 Å². The van der Waals surface area contributed by atoms with Crippen LogP contribution in [0.1, 0.15) is 18.9 Å². The first-order chi connectivity index (χ1) is 11.3. The Bertz CT molecular complexity index is 766. The van der Waals surface area contributed by atoms with Gasteiger partial charge >= 0.3 is 0 Å². The predicted molar refractivity (Wildman–Crippen MR) is 92.6 cm³/mol. The van der Waals surface area contributed by atoms with Gasteiger partial charge in [-0.05, 0) is 38.0 Å². The molecule has 0 aliphatic carbocycles. The Kier molecular flexibility index (Phi) is 4.71. The Labute approximate surface area is 136 Å². The molecule has 1 aromatic carbocycles. The third kappa shape index (κ3) is 3.59. The zero-order chi connectivity index (χ0) is 16.1. The zero-order valence-electron chi connectivity index (χ0n) is 13.6. The van der Waals surface area contributed by atoms with Crippen LogP contribution < -0.4 is 15.2 Å².